The summed E-state index contributed by atoms with van der Waals surface area (Å²) in [6.45, 7) is 0. The molecule has 86 valence electrons. The van der Waals surface area contributed by atoms with Gasteiger partial charge in [0.2, 0.25) is 5.91 Å². The van der Waals surface area contributed by atoms with Crippen LogP contribution in [0.5, 0.6) is 0 Å². The summed E-state index contributed by atoms with van der Waals surface area (Å²) in [6, 6.07) is 10.7. The molecule has 1 heterocycles. The molecule has 1 amide bonds. The molecule has 3 N–H and O–H groups in total. The molecule has 0 bridgehead atoms. The molecule has 4 nitrogen and oxygen atoms in total. The summed E-state index contributed by atoms with van der Waals surface area (Å²) in [7, 11) is 0. The molecule has 0 aliphatic heterocycles. The number of nitrogens with one attached hydrogen (secondary N) is 1. The Kier molecular flexibility index (Phi) is 3.35. The van der Waals surface area contributed by atoms with Crippen LogP contribution in [0.15, 0.2) is 48.8 Å². The van der Waals surface area contributed by atoms with E-state index in [1.807, 2.05) is 12.1 Å². The van der Waals surface area contributed by atoms with Crippen LogP contribution in [0.3, 0.4) is 0 Å². The number of anilines is 2. The van der Waals surface area contributed by atoms with Crippen LogP contribution in [0.1, 0.15) is 5.56 Å². The number of nitrogen functional groups attached to an aromatic ring is 1. The second-order valence-electron chi connectivity index (χ2n) is 3.71. The Balaban J connectivity index is 1.96. The Morgan fingerprint density at radius 2 is 2.00 bits per heavy atom. The molecule has 0 radical (unpaired) electrons. The fraction of sp³-hybridized carbons (Fsp3) is 0.0769. The van der Waals surface area contributed by atoms with E-state index in [0.717, 1.165) is 11.3 Å². The summed E-state index contributed by atoms with van der Waals surface area (Å²) in [5, 5.41) is 2.80. The van der Waals surface area contributed by atoms with E-state index in [0.29, 0.717) is 12.1 Å². The summed E-state index contributed by atoms with van der Waals surface area (Å²) < 4.78 is 0. The molecule has 2 aromatic rings. The van der Waals surface area contributed by atoms with E-state index < -0.39 is 0 Å². The second kappa shape index (κ2) is 5.12. The summed E-state index contributed by atoms with van der Waals surface area (Å²) in [6.07, 6.45) is 3.68. The molecule has 0 unspecified atom stereocenters. The Bertz CT molecular complexity index is 494. The lowest BCUT2D eigenvalue weighted by atomic mass is 10.2. The molecule has 0 aliphatic carbocycles. The largest absolute Gasteiger partial charge is 0.399 e. The lowest BCUT2D eigenvalue weighted by molar-refractivity contribution is -0.115. The Hall–Kier alpha value is -2.36. The summed E-state index contributed by atoms with van der Waals surface area (Å²) >= 11 is 0. The molecule has 0 saturated heterocycles. The normalized spacial score (nSPS) is 9.88. The minimum absolute atomic E-state index is 0.0669. The van der Waals surface area contributed by atoms with Crippen molar-refractivity contribution in [3.05, 3.63) is 54.4 Å². The van der Waals surface area contributed by atoms with Crippen LogP contribution in [0.4, 0.5) is 11.4 Å². The molecule has 17 heavy (non-hydrogen) atoms. The van der Waals surface area contributed by atoms with E-state index in [9.17, 15) is 4.79 Å². The topological polar surface area (TPSA) is 68.0 Å². The first-order valence-corrected chi connectivity index (χ1v) is 5.28. The van der Waals surface area contributed by atoms with Crippen molar-refractivity contribution >= 4 is 17.3 Å². The van der Waals surface area contributed by atoms with E-state index in [1.54, 1.807) is 36.7 Å². The van der Waals surface area contributed by atoms with Crippen LogP contribution in [-0.2, 0) is 11.2 Å². The number of benzene rings is 1. The van der Waals surface area contributed by atoms with Crippen molar-refractivity contribution in [2.75, 3.05) is 11.1 Å². The van der Waals surface area contributed by atoms with Gasteiger partial charge in [-0.1, -0.05) is 6.07 Å². The standard InChI is InChI=1S/C13H13N3O/c14-11-3-5-12(6-4-11)16-13(17)8-10-2-1-7-15-9-10/h1-7,9H,8,14H2,(H,16,17). The van der Waals surface area contributed by atoms with E-state index in [2.05, 4.69) is 10.3 Å². The molecular weight excluding hydrogens is 214 g/mol. The van der Waals surface area contributed by atoms with Crippen molar-refractivity contribution in [1.82, 2.24) is 4.98 Å². The van der Waals surface area contributed by atoms with Crippen LogP contribution in [0, 0.1) is 0 Å². The van der Waals surface area contributed by atoms with Crippen LogP contribution in [0.25, 0.3) is 0 Å². The molecule has 0 atom stereocenters. The number of nitrogens with zero attached hydrogens (tertiary/aromatic N) is 1. The third-order valence-electron chi connectivity index (χ3n) is 2.28. The highest BCUT2D eigenvalue weighted by Gasteiger charge is 2.03. The predicted molar refractivity (Wildman–Crippen MR) is 67.4 cm³/mol. The molecule has 0 aliphatic rings. The number of hydrogen-bond acceptors (Lipinski definition) is 3. The van der Waals surface area contributed by atoms with Gasteiger partial charge in [-0.15, -0.1) is 0 Å². The average molecular weight is 227 g/mol. The maximum atomic E-state index is 11.7. The minimum Gasteiger partial charge on any atom is -0.399 e. The fourth-order valence-electron chi connectivity index (χ4n) is 1.46. The number of hydrogen-bond donors (Lipinski definition) is 2. The van der Waals surface area contributed by atoms with Crippen LogP contribution in [-0.4, -0.2) is 10.9 Å². The highest BCUT2D eigenvalue weighted by atomic mass is 16.1. The third-order valence-corrected chi connectivity index (χ3v) is 2.28. The highest BCUT2D eigenvalue weighted by Crippen LogP contribution is 2.11. The number of pyridine rings is 1. The SMILES string of the molecule is Nc1ccc(NC(=O)Cc2cccnc2)cc1. The van der Waals surface area contributed by atoms with Gasteiger partial charge in [-0.3, -0.25) is 9.78 Å². The van der Waals surface area contributed by atoms with Gasteiger partial charge >= 0.3 is 0 Å². The molecule has 4 heteroatoms. The molecular formula is C13H13N3O. The van der Waals surface area contributed by atoms with E-state index in [1.165, 1.54) is 0 Å². The van der Waals surface area contributed by atoms with Gasteiger partial charge in [0.05, 0.1) is 6.42 Å². The van der Waals surface area contributed by atoms with Crippen molar-refractivity contribution in [2.45, 2.75) is 6.42 Å². The van der Waals surface area contributed by atoms with Crippen molar-refractivity contribution in [3.8, 4) is 0 Å². The molecule has 0 fully saturated rings. The number of carbonyl (C=O) groups is 1. The third kappa shape index (κ3) is 3.31. The molecule has 1 aromatic heterocycles. The maximum absolute atomic E-state index is 11.7. The lowest BCUT2D eigenvalue weighted by Crippen LogP contribution is -2.14. The molecule has 0 saturated carbocycles. The number of rotatable bonds is 3. The van der Waals surface area contributed by atoms with Gasteiger partial charge in [0.1, 0.15) is 0 Å². The number of amides is 1. The molecule has 2 rings (SSSR count). The Morgan fingerprint density at radius 1 is 1.24 bits per heavy atom. The number of carbonyl (C=O) groups excluding carboxylic acids is 1. The van der Waals surface area contributed by atoms with Crippen LogP contribution >= 0.6 is 0 Å². The van der Waals surface area contributed by atoms with Gasteiger partial charge < -0.3 is 11.1 Å². The molecule has 1 aromatic carbocycles. The monoisotopic (exact) mass is 227 g/mol. The molecule has 0 spiro atoms. The summed E-state index contributed by atoms with van der Waals surface area (Å²) in [4.78, 5) is 15.7. The minimum atomic E-state index is -0.0669. The Labute approximate surface area is 99.5 Å². The first-order chi connectivity index (χ1) is 8.24. The van der Waals surface area contributed by atoms with E-state index in [4.69, 9.17) is 5.73 Å². The maximum Gasteiger partial charge on any atom is 0.228 e. The van der Waals surface area contributed by atoms with Gasteiger partial charge in [0.25, 0.3) is 0 Å². The second-order valence-corrected chi connectivity index (χ2v) is 3.71. The van der Waals surface area contributed by atoms with Crippen LogP contribution < -0.4 is 11.1 Å². The smallest absolute Gasteiger partial charge is 0.228 e. The summed E-state index contributed by atoms with van der Waals surface area (Å²) in [5.41, 5.74) is 7.87. The average Bonchev–Trinajstić information content (AvgIpc) is 2.33. The van der Waals surface area contributed by atoms with Gasteiger partial charge in [0.15, 0.2) is 0 Å². The van der Waals surface area contributed by atoms with Crippen molar-refractivity contribution in [3.63, 3.8) is 0 Å². The first kappa shape index (κ1) is 11.1. The number of aromatic nitrogens is 1. The zero-order valence-electron chi connectivity index (χ0n) is 9.26. The number of nitrogens with two attached hydrogens (primary N) is 1. The van der Waals surface area contributed by atoms with E-state index >= 15 is 0 Å². The van der Waals surface area contributed by atoms with E-state index in [-0.39, 0.29) is 5.91 Å². The van der Waals surface area contributed by atoms with Crippen molar-refractivity contribution in [1.29, 1.82) is 0 Å². The van der Waals surface area contributed by atoms with Crippen LogP contribution in [0.2, 0.25) is 0 Å². The Morgan fingerprint density at radius 3 is 2.65 bits per heavy atom. The van der Waals surface area contributed by atoms with Gasteiger partial charge in [0, 0.05) is 23.8 Å². The summed E-state index contributed by atoms with van der Waals surface area (Å²) in [5.74, 6) is -0.0669. The fourth-order valence-corrected chi connectivity index (χ4v) is 1.46. The van der Waals surface area contributed by atoms with Crippen molar-refractivity contribution < 1.29 is 4.79 Å². The van der Waals surface area contributed by atoms with Gasteiger partial charge in [-0.2, -0.15) is 0 Å². The zero-order chi connectivity index (χ0) is 12.1. The quantitative estimate of drug-likeness (QED) is 0.786. The zero-order valence-corrected chi connectivity index (χ0v) is 9.26. The highest BCUT2D eigenvalue weighted by molar-refractivity contribution is 5.92. The lowest BCUT2D eigenvalue weighted by Gasteiger charge is -2.05. The van der Waals surface area contributed by atoms with Gasteiger partial charge in [-0.05, 0) is 35.9 Å². The van der Waals surface area contributed by atoms with Crippen molar-refractivity contribution in [2.24, 2.45) is 0 Å². The van der Waals surface area contributed by atoms with Gasteiger partial charge in [-0.25, -0.2) is 0 Å². The first-order valence-electron chi connectivity index (χ1n) is 5.28. The predicted octanol–water partition coefficient (Wildman–Crippen LogP) is 1.84.